The van der Waals surface area contributed by atoms with Gasteiger partial charge in [-0.15, -0.1) is 12.4 Å². The van der Waals surface area contributed by atoms with Gasteiger partial charge in [-0.05, 0) is 42.0 Å². The topological polar surface area (TPSA) is 41.9 Å². The van der Waals surface area contributed by atoms with Gasteiger partial charge in [-0.2, -0.15) is 0 Å². The molecule has 5 heteroatoms. The van der Waals surface area contributed by atoms with Crippen LogP contribution in [0.5, 0.6) is 5.75 Å². The summed E-state index contributed by atoms with van der Waals surface area (Å²) in [6.45, 7) is 4.23. The molecular formula is C26H36ClNO3. The SMILES string of the molecule is COc1ccc(C(O)(C2CCCCC2)C(CN2CCOCC2)c2ccccc2)cc1.Cl. The van der Waals surface area contributed by atoms with E-state index in [1.165, 1.54) is 24.8 Å². The van der Waals surface area contributed by atoms with Crippen molar-refractivity contribution in [2.24, 2.45) is 5.92 Å². The van der Waals surface area contributed by atoms with Crippen LogP contribution in [0.4, 0.5) is 0 Å². The minimum absolute atomic E-state index is 0. The molecule has 2 unspecified atom stereocenters. The van der Waals surface area contributed by atoms with E-state index in [1.54, 1.807) is 7.11 Å². The largest absolute Gasteiger partial charge is 0.497 e. The van der Waals surface area contributed by atoms with E-state index >= 15 is 0 Å². The molecule has 2 aliphatic rings. The quantitative estimate of drug-likeness (QED) is 0.651. The maximum Gasteiger partial charge on any atom is 0.118 e. The maximum atomic E-state index is 12.6. The van der Waals surface area contributed by atoms with Crippen molar-refractivity contribution in [3.63, 3.8) is 0 Å². The third kappa shape index (κ3) is 5.43. The zero-order valence-electron chi connectivity index (χ0n) is 18.5. The van der Waals surface area contributed by atoms with Crippen molar-refractivity contribution in [2.75, 3.05) is 40.0 Å². The molecule has 0 amide bonds. The van der Waals surface area contributed by atoms with Gasteiger partial charge in [-0.1, -0.05) is 61.7 Å². The fourth-order valence-corrected chi connectivity index (χ4v) is 5.35. The van der Waals surface area contributed by atoms with Crippen LogP contribution in [0.1, 0.15) is 49.1 Å². The van der Waals surface area contributed by atoms with Gasteiger partial charge in [-0.3, -0.25) is 4.90 Å². The van der Waals surface area contributed by atoms with Crippen molar-refractivity contribution < 1.29 is 14.6 Å². The number of ether oxygens (including phenoxy) is 2. The Morgan fingerprint density at radius 3 is 2.26 bits per heavy atom. The van der Waals surface area contributed by atoms with Crippen LogP contribution in [0.15, 0.2) is 54.6 Å². The van der Waals surface area contributed by atoms with E-state index in [-0.39, 0.29) is 24.2 Å². The second-order valence-electron chi connectivity index (χ2n) is 8.77. The lowest BCUT2D eigenvalue weighted by atomic mass is 9.65. The van der Waals surface area contributed by atoms with E-state index in [4.69, 9.17) is 9.47 Å². The first-order chi connectivity index (χ1) is 14.7. The van der Waals surface area contributed by atoms with Crippen LogP contribution in [-0.2, 0) is 10.3 Å². The fourth-order valence-electron chi connectivity index (χ4n) is 5.35. The molecule has 0 radical (unpaired) electrons. The third-order valence-corrected chi connectivity index (χ3v) is 7.06. The highest BCUT2D eigenvalue weighted by atomic mass is 35.5. The zero-order valence-corrected chi connectivity index (χ0v) is 19.4. The second kappa shape index (κ2) is 11.3. The van der Waals surface area contributed by atoms with Crippen LogP contribution in [0, 0.1) is 5.92 Å². The van der Waals surface area contributed by atoms with E-state index in [0.717, 1.165) is 57.0 Å². The summed E-state index contributed by atoms with van der Waals surface area (Å²) in [6, 6.07) is 18.7. The number of hydrogen-bond donors (Lipinski definition) is 1. The molecule has 2 atom stereocenters. The van der Waals surface area contributed by atoms with E-state index < -0.39 is 5.60 Å². The van der Waals surface area contributed by atoms with Crippen LogP contribution in [0.25, 0.3) is 0 Å². The van der Waals surface area contributed by atoms with Gasteiger partial charge in [0.25, 0.3) is 0 Å². The molecule has 1 aliphatic heterocycles. The first-order valence-corrected chi connectivity index (χ1v) is 11.4. The van der Waals surface area contributed by atoms with Gasteiger partial charge in [0.05, 0.1) is 20.3 Å². The van der Waals surface area contributed by atoms with Gasteiger partial charge in [-0.25, -0.2) is 0 Å². The van der Waals surface area contributed by atoms with E-state index in [2.05, 4.69) is 47.4 Å². The molecule has 1 saturated carbocycles. The minimum Gasteiger partial charge on any atom is -0.497 e. The van der Waals surface area contributed by atoms with Gasteiger partial charge in [0.15, 0.2) is 0 Å². The molecule has 1 heterocycles. The maximum absolute atomic E-state index is 12.6. The van der Waals surface area contributed by atoms with Crippen molar-refractivity contribution in [1.82, 2.24) is 4.90 Å². The van der Waals surface area contributed by atoms with Crippen molar-refractivity contribution in [3.8, 4) is 5.75 Å². The Morgan fingerprint density at radius 1 is 1.00 bits per heavy atom. The first-order valence-electron chi connectivity index (χ1n) is 11.4. The third-order valence-electron chi connectivity index (χ3n) is 7.06. The highest BCUT2D eigenvalue weighted by Gasteiger charge is 2.46. The lowest BCUT2D eigenvalue weighted by Crippen LogP contribution is -2.48. The number of halogens is 1. The normalized spacial score (nSPS) is 21.0. The molecule has 170 valence electrons. The highest BCUT2D eigenvalue weighted by Crippen LogP contribution is 2.48. The Balaban J connectivity index is 0.00000272. The van der Waals surface area contributed by atoms with E-state index in [0.29, 0.717) is 0 Å². The Morgan fingerprint density at radius 2 is 1.65 bits per heavy atom. The number of hydrogen-bond acceptors (Lipinski definition) is 4. The summed E-state index contributed by atoms with van der Waals surface area (Å²) in [5.41, 5.74) is 1.32. The van der Waals surface area contributed by atoms with Crippen LogP contribution >= 0.6 is 12.4 Å². The van der Waals surface area contributed by atoms with Gasteiger partial charge in [0.2, 0.25) is 0 Å². The first kappa shape index (κ1) is 24.1. The summed E-state index contributed by atoms with van der Waals surface area (Å²) in [5.74, 6) is 1.09. The summed E-state index contributed by atoms with van der Waals surface area (Å²) in [7, 11) is 1.69. The molecule has 2 fully saturated rings. The van der Waals surface area contributed by atoms with Crippen molar-refractivity contribution in [2.45, 2.75) is 43.6 Å². The number of nitrogens with zero attached hydrogens (tertiary/aromatic N) is 1. The van der Waals surface area contributed by atoms with Crippen molar-refractivity contribution >= 4 is 12.4 Å². The van der Waals surface area contributed by atoms with Crippen LogP contribution in [0.3, 0.4) is 0 Å². The Bertz CT molecular complexity index is 773. The van der Waals surface area contributed by atoms with E-state index in [1.807, 2.05) is 12.1 Å². The molecule has 0 bridgehead atoms. The molecule has 0 spiro atoms. The molecule has 4 rings (SSSR count). The van der Waals surface area contributed by atoms with Gasteiger partial charge < -0.3 is 14.6 Å². The summed E-state index contributed by atoms with van der Waals surface area (Å²) in [4.78, 5) is 2.46. The summed E-state index contributed by atoms with van der Waals surface area (Å²) in [5, 5.41) is 12.6. The average molecular weight is 446 g/mol. The number of morpholine rings is 1. The van der Waals surface area contributed by atoms with Gasteiger partial charge >= 0.3 is 0 Å². The van der Waals surface area contributed by atoms with E-state index in [9.17, 15) is 5.11 Å². The fraction of sp³-hybridized carbons (Fsp3) is 0.538. The lowest BCUT2D eigenvalue weighted by molar-refractivity contribution is -0.0758. The Labute approximate surface area is 193 Å². The molecular weight excluding hydrogens is 410 g/mol. The summed E-state index contributed by atoms with van der Waals surface area (Å²) >= 11 is 0. The zero-order chi connectivity index (χ0) is 20.8. The molecule has 1 saturated heterocycles. The van der Waals surface area contributed by atoms with Gasteiger partial charge in [0.1, 0.15) is 11.4 Å². The molecule has 0 aromatic heterocycles. The predicted molar refractivity (Wildman–Crippen MR) is 127 cm³/mol. The minimum atomic E-state index is -0.910. The summed E-state index contributed by atoms with van der Waals surface area (Å²) in [6.07, 6.45) is 5.82. The lowest BCUT2D eigenvalue weighted by Gasteiger charge is -2.46. The van der Waals surface area contributed by atoms with Crippen molar-refractivity contribution in [1.29, 1.82) is 0 Å². The molecule has 1 aliphatic carbocycles. The van der Waals surface area contributed by atoms with Crippen LogP contribution < -0.4 is 4.74 Å². The number of aliphatic hydroxyl groups is 1. The van der Waals surface area contributed by atoms with Gasteiger partial charge in [0, 0.05) is 25.6 Å². The number of benzene rings is 2. The standard InChI is InChI=1S/C26H35NO3.ClH/c1-29-24-14-12-23(13-15-24)26(28,22-10-6-3-7-11-22)25(21-8-4-2-5-9-21)20-27-16-18-30-19-17-27;/h2,4-5,8-9,12-15,22,25,28H,3,6-7,10-11,16-20H2,1H3;1H. The van der Waals surface area contributed by atoms with Crippen LogP contribution in [-0.4, -0.2) is 50.0 Å². The average Bonchev–Trinajstić information content (AvgIpc) is 2.84. The Hall–Kier alpha value is -1.59. The predicted octanol–water partition coefficient (Wildman–Crippen LogP) is 5.00. The molecule has 2 aromatic carbocycles. The monoisotopic (exact) mass is 445 g/mol. The number of rotatable bonds is 7. The molecule has 2 aromatic rings. The molecule has 4 nitrogen and oxygen atoms in total. The molecule has 31 heavy (non-hydrogen) atoms. The van der Waals surface area contributed by atoms with Crippen LogP contribution in [0.2, 0.25) is 0 Å². The van der Waals surface area contributed by atoms with Crippen molar-refractivity contribution in [3.05, 3.63) is 65.7 Å². The Kier molecular flexibility index (Phi) is 8.79. The number of methoxy groups -OCH3 is 1. The second-order valence-corrected chi connectivity index (χ2v) is 8.77. The smallest absolute Gasteiger partial charge is 0.118 e. The molecule has 1 N–H and O–H groups in total. The highest BCUT2D eigenvalue weighted by molar-refractivity contribution is 5.85. The summed E-state index contributed by atoms with van der Waals surface area (Å²) < 4.78 is 11.0.